The zero-order chi connectivity index (χ0) is 4.12. The third-order valence-corrected chi connectivity index (χ3v) is 0.201. The SMILES string of the molecule is [CH-]=CC[C-]=O.[Y]. The molecule has 0 rings (SSSR count). The van der Waals surface area contributed by atoms with E-state index in [0.717, 1.165) is 0 Å². The number of hydrogen-bond donors (Lipinski definition) is 0. The fourth-order valence-electron chi connectivity index (χ4n) is 0.0481. The smallest absolute Gasteiger partial charge is 0 e. The van der Waals surface area contributed by atoms with E-state index in [1.54, 1.807) is 6.29 Å². The van der Waals surface area contributed by atoms with Gasteiger partial charge in [0.05, 0.1) is 0 Å². The Labute approximate surface area is 62.7 Å². The van der Waals surface area contributed by atoms with Crippen molar-refractivity contribution in [2.45, 2.75) is 6.42 Å². The summed E-state index contributed by atoms with van der Waals surface area (Å²) in [5, 5.41) is 0. The van der Waals surface area contributed by atoms with E-state index in [4.69, 9.17) is 11.4 Å². The molecule has 0 fully saturated rings. The molecule has 0 amide bonds. The first kappa shape index (κ1) is 9.72. The number of allylic oxidation sites excluding steroid dienone is 1. The van der Waals surface area contributed by atoms with Crippen LogP contribution >= 0.6 is 0 Å². The molecule has 1 nitrogen and oxygen atoms in total. The van der Waals surface area contributed by atoms with Gasteiger partial charge in [0.1, 0.15) is 0 Å². The Hall–Kier alpha value is 0.514. The first-order valence-corrected chi connectivity index (χ1v) is 1.30. The van der Waals surface area contributed by atoms with Crippen molar-refractivity contribution in [3.8, 4) is 0 Å². The largest absolute Gasteiger partial charge is 0.542 e. The molecule has 0 aromatic rings. The van der Waals surface area contributed by atoms with Crippen molar-refractivity contribution in [1.29, 1.82) is 0 Å². The fourth-order valence-corrected chi connectivity index (χ4v) is 0.0481. The third-order valence-electron chi connectivity index (χ3n) is 0.201. The van der Waals surface area contributed by atoms with E-state index >= 15 is 0 Å². The summed E-state index contributed by atoms with van der Waals surface area (Å²) in [6, 6.07) is 0. The normalized spacial score (nSPS) is 5.33. The summed E-state index contributed by atoms with van der Waals surface area (Å²) in [5.74, 6) is 0. The first-order valence-electron chi connectivity index (χ1n) is 1.30. The van der Waals surface area contributed by atoms with E-state index in [2.05, 4.69) is 0 Å². The van der Waals surface area contributed by atoms with Gasteiger partial charge in [-0.2, -0.15) is 6.42 Å². The number of hydrogen-bond acceptors (Lipinski definition) is 1. The van der Waals surface area contributed by atoms with Crippen LogP contribution in [0.5, 0.6) is 0 Å². The van der Waals surface area contributed by atoms with Crippen LogP contribution in [0.15, 0.2) is 6.08 Å². The third kappa shape index (κ3) is 8.82. The Morgan fingerprint density at radius 3 is 2.33 bits per heavy atom. The zero-order valence-corrected chi connectivity index (χ0v) is 6.19. The molecule has 1 radical (unpaired) electrons. The minimum Gasteiger partial charge on any atom is -0.542 e. The van der Waals surface area contributed by atoms with E-state index in [-0.39, 0.29) is 39.1 Å². The Morgan fingerprint density at radius 2 is 2.33 bits per heavy atom. The molecule has 0 bridgehead atoms. The minimum absolute atomic E-state index is 0. The van der Waals surface area contributed by atoms with Crippen LogP contribution in [0.4, 0.5) is 0 Å². The molecule has 0 spiro atoms. The predicted octanol–water partition coefficient (Wildman–Crippen LogP) is 0.473. The van der Waals surface area contributed by atoms with Crippen molar-refractivity contribution >= 4 is 6.29 Å². The molecule has 0 saturated carbocycles. The van der Waals surface area contributed by atoms with Crippen LogP contribution in [0.1, 0.15) is 6.42 Å². The van der Waals surface area contributed by atoms with Gasteiger partial charge in [-0.25, -0.2) is 0 Å². The van der Waals surface area contributed by atoms with Gasteiger partial charge >= 0.3 is 0 Å². The van der Waals surface area contributed by atoms with Gasteiger partial charge in [0.25, 0.3) is 0 Å². The molecule has 0 aliphatic rings. The summed E-state index contributed by atoms with van der Waals surface area (Å²) in [6.07, 6.45) is 3.08. The Morgan fingerprint density at radius 1 is 1.83 bits per heavy atom. The summed E-state index contributed by atoms with van der Waals surface area (Å²) < 4.78 is 0. The van der Waals surface area contributed by atoms with Crippen molar-refractivity contribution in [3.63, 3.8) is 0 Å². The van der Waals surface area contributed by atoms with Crippen LogP contribution in [0.3, 0.4) is 0 Å². The first-order chi connectivity index (χ1) is 2.41. The zero-order valence-electron chi connectivity index (χ0n) is 3.35. The molecule has 0 heterocycles. The van der Waals surface area contributed by atoms with Gasteiger partial charge in [0.15, 0.2) is 0 Å². The van der Waals surface area contributed by atoms with E-state index in [0.29, 0.717) is 0 Å². The van der Waals surface area contributed by atoms with Crippen LogP contribution in [-0.2, 0) is 37.5 Å². The molecular weight excluding hydrogens is 153 g/mol. The Bertz CT molecular complexity index is 36.8. The molecule has 6 heavy (non-hydrogen) atoms. The molecule has 0 aliphatic heterocycles. The fraction of sp³-hybridized carbons (Fsp3) is 0.250. The summed E-state index contributed by atoms with van der Waals surface area (Å²) >= 11 is 0. The Kier molecular flexibility index (Phi) is 14.7. The molecule has 0 aliphatic carbocycles. The molecule has 0 aromatic heterocycles. The van der Waals surface area contributed by atoms with Crippen LogP contribution < -0.4 is 0 Å². The van der Waals surface area contributed by atoms with Crippen LogP contribution in [0, 0.1) is 6.58 Å². The van der Waals surface area contributed by atoms with E-state index in [9.17, 15) is 0 Å². The van der Waals surface area contributed by atoms with Crippen LogP contribution in [0.25, 0.3) is 0 Å². The Balaban J connectivity index is 0. The standard InChI is InChI=1S/C4H4O.Y/c1-2-3-4-5;/h1-2H,3H2;/q-2;. The molecule has 0 aromatic carbocycles. The van der Waals surface area contributed by atoms with Gasteiger partial charge in [-0.1, -0.05) is 0 Å². The summed E-state index contributed by atoms with van der Waals surface area (Å²) in [5.41, 5.74) is 0. The predicted molar refractivity (Wildman–Crippen MR) is 19.2 cm³/mol. The van der Waals surface area contributed by atoms with E-state index in [1.165, 1.54) is 6.08 Å². The quantitative estimate of drug-likeness (QED) is 0.532. The maximum atomic E-state index is 9.17. The summed E-state index contributed by atoms with van der Waals surface area (Å²) in [4.78, 5) is 9.17. The average Bonchev–Trinajstić information content (AvgIpc) is 1.41. The maximum absolute atomic E-state index is 9.17. The van der Waals surface area contributed by atoms with Gasteiger partial charge in [0.2, 0.25) is 0 Å². The monoisotopic (exact) mass is 157 g/mol. The number of carbonyl (C=O) groups excluding carboxylic acids is 1. The van der Waals surface area contributed by atoms with Crippen molar-refractivity contribution in [2.24, 2.45) is 0 Å². The second-order valence-corrected chi connectivity index (χ2v) is 0.584. The van der Waals surface area contributed by atoms with Crippen LogP contribution in [0.2, 0.25) is 0 Å². The topological polar surface area (TPSA) is 17.1 Å². The van der Waals surface area contributed by atoms with Gasteiger partial charge < -0.3 is 11.4 Å². The maximum Gasteiger partial charge on any atom is 0 e. The molecule has 0 N–H and O–H groups in total. The average molecular weight is 157 g/mol. The van der Waals surface area contributed by atoms with Crippen molar-refractivity contribution in [1.82, 2.24) is 0 Å². The second-order valence-electron chi connectivity index (χ2n) is 0.584. The summed E-state index contributed by atoms with van der Waals surface area (Å²) in [7, 11) is 0. The van der Waals surface area contributed by atoms with Crippen molar-refractivity contribution in [3.05, 3.63) is 12.7 Å². The molecule has 0 unspecified atom stereocenters. The number of rotatable bonds is 2. The van der Waals surface area contributed by atoms with E-state index in [1.807, 2.05) is 0 Å². The second kappa shape index (κ2) is 9.10. The molecule has 0 saturated heterocycles. The van der Waals surface area contributed by atoms with Crippen molar-refractivity contribution < 1.29 is 37.5 Å². The molecule has 0 atom stereocenters. The van der Waals surface area contributed by atoms with Gasteiger partial charge in [-0.05, 0) is 0 Å². The van der Waals surface area contributed by atoms with Crippen LogP contribution in [-0.4, -0.2) is 6.29 Å². The molecule has 2 heteroatoms. The van der Waals surface area contributed by atoms with Gasteiger partial charge in [-0.15, -0.1) is 0 Å². The van der Waals surface area contributed by atoms with Gasteiger partial charge in [0, 0.05) is 32.7 Å². The van der Waals surface area contributed by atoms with Gasteiger partial charge in [-0.3, -0.25) is 12.4 Å². The molecule has 31 valence electrons. The van der Waals surface area contributed by atoms with Crippen molar-refractivity contribution in [2.75, 3.05) is 0 Å². The summed E-state index contributed by atoms with van der Waals surface area (Å²) in [6.45, 7) is 4.75. The minimum atomic E-state index is 0. The van der Waals surface area contributed by atoms with E-state index < -0.39 is 0 Å². The molecular formula is C4H4OY-2.